The fourth-order valence-corrected chi connectivity index (χ4v) is 1.83. The molecule has 0 spiro atoms. The normalized spacial score (nSPS) is 19.2. The van der Waals surface area contributed by atoms with Crippen molar-refractivity contribution in [2.24, 2.45) is 11.0 Å². The molecule has 1 atom stereocenters. The van der Waals surface area contributed by atoms with Gasteiger partial charge in [0.05, 0.1) is 6.20 Å². The zero-order chi connectivity index (χ0) is 12.3. The molecule has 1 fully saturated rings. The number of nitrogen functional groups attached to an aromatic ring is 1. The Morgan fingerprint density at radius 1 is 1.71 bits per heavy atom. The molecule has 1 amide bonds. The van der Waals surface area contributed by atoms with Crippen LogP contribution < -0.4 is 10.6 Å². The Balaban J connectivity index is 2.16. The molecule has 17 heavy (non-hydrogen) atoms. The highest BCUT2D eigenvalue weighted by atomic mass is 16.2. The van der Waals surface area contributed by atoms with Crippen molar-refractivity contribution in [1.29, 1.82) is 0 Å². The molecule has 0 aromatic carbocycles. The van der Waals surface area contributed by atoms with Crippen LogP contribution >= 0.6 is 0 Å². The van der Waals surface area contributed by atoms with Crippen molar-refractivity contribution < 1.29 is 4.79 Å². The molecular weight excluding hydrogens is 222 g/mol. The number of carbonyl (C=O) groups excluding carboxylic acids is 1. The molecule has 1 aliphatic rings. The summed E-state index contributed by atoms with van der Waals surface area (Å²) in [5.41, 5.74) is 14.4. The Labute approximate surface area is 97.1 Å². The fraction of sp³-hybridized carbons (Fsp3) is 0.444. The van der Waals surface area contributed by atoms with Gasteiger partial charge in [-0.05, 0) is 11.4 Å². The van der Waals surface area contributed by atoms with Crippen molar-refractivity contribution in [3.63, 3.8) is 0 Å². The quantitative estimate of drug-likeness (QED) is 0.469. The van der Waals surface area contributed by atoms with Crippen molar-refractivity contribution in [2.45, 2.75) is 6.42 Å². The van der Waals surface area contributed by atoms with E-state index < -0.39 is 0 Å². The molecule has 2 N–H and O–H groups in total. The number of nitrogens with zero attached hydrogens (tertiary/aromatic N) is 6. The summed E-state index contributed by atoms with van der Waals surface area (Å²) in [5, 5.41) is 3.48. The number of carbonyl (C=O) groups is 1. The summed E-state index contributed by atoms with van der Waals surface area (Å²) in [6.45, 7) is 0.793. The maximum absolute atomic E-state index is 11.8. The predicted molar refractivity (Wildman–Crippen MR) is 60.9 cm³/mol. The Hall–Kier alpha value is -2.34. The molecule has 0 bridgehead atoms. The van der Waals surface area contributed by atoms with Crippen molar-refractivity contribution in [2.75, 3.05) is 23.7 Å². The number of azide groups is 1. The first-order valence-electron chi connectivity index (χ1n) is 5.09. The van der Waals surface area contributed by atoms with Gasteiger partial charge in [0.1, 0.15) is 12.0 Å². The van der Waals surface area contributed by atoms with E-state index in [1.807, 2.05) is 0 Å². The highest BCUT2D eigenvalue weighted by Crippen LogP contribution is 2.27. The van der Waals surface area contributed by atoms with E-state index in [1.54, 1.807) is 0 Å². The molecule has 2 heterocycles. The molecule has 8 heteroatoms. The van der Waals surface area contributed by atoms with E-state index in [9.17, 15) is 4.79 Å². The largest absolute Gasteiger partial charge is 0.382 e. The summed E-state index contributed by atoms with van der Waals surface area (Å²) in [7, 11) is 0. The zero-order valence-electron chi connectivity index (χ0n) is 9.02. The van der Waals surface area contributed by atoms with E-state index in [4.69, 9.17) is 11.3 Å². The second-order valence-corrected chi connectivity index (χ2v) is 3.78. The molecule has 1 aliphatic heterocycles. The maximum Gasteiger partial charge on any atom is 0.227 e. The van der Waals surface area contributed by atoms with Gasteiger partial charge in [0.15, 0.2) is 5.82 Å². The Bertz CT molecular complexity index is 482. The van der Waals surface area contributed by atoms with Gasteiger partial charge in [0, 0.05) is 24.4 Å². The lowest BCUT2D eigenvalue weighted by atomic mass is 10.1. The zero-order valence-corrected chi connectivity index (χ0v) is 9.02. The lowest BCUT2D eigenvalue weighted by Gasteiger charge is -2.16. The first kappa shape index (κ1) is 11.2. The summed E-state index contributed by atoms with van der Waals surface area (Å²) in [4.78, 5) is 23.7. The number of anilines is 2. The van der Waals surface area contributed by atoms with Gasteiger partial charge in [-0.2, -0.15) is 0 Å². The standard InChI is InChI=1S/C9H11N7O/c10-9-7(3-12-5-13-9)16-4-6(1-8(16)17)2-14-15-11/h3,5-6H,1-2,4H2,(H2,10,12,13). The van der Waals surface area contributed by atoms with Crippen LogP contribution in [0.3, 0.4) is 0 Å². The van der Waals surface area contributed by atoms with Crippen molar-refractivity contribution >= 4 is 17.4 Å². The summed E-state index contributed by atoms with van der Waals surface area (Å²) in [6.07, 6.45) is 3.19. The highest BCUT2D eigenvalue weighted by Gasteiger charge is 2.31. The molecule has 0 aliphatic carbocycles. The van der Waals surface area contributed by atoms with Crippen molar-refractivity contribution in [3.8, 4) is 0 Å². The van der Waals surface area contributed by atoms with Gasteiger partial charge in [-0.3, -0.25) is 4.79 Å². The SMILES string of the molecule is [N-]=[N+]=NCC1CC(=O)N(c2cncnc2N)C1. The van der Waals surface area contributed by atoms with Gasteiger partial charge >= 0.3 is 0 Å². The molecule has 88 valence electrons. The second kappa shape index (κ2) is 4.67. The van der Waals surface area contributed by atoms with Crippen LogP contribution in [0.4, 0.5) is 11.5 Å². The Kier molecular flexibility index (Phi) is 3.06. The summed E-state index contributed by atoms with van der Waals surface area (Å²) < 4.78 is 0. The topological polar surface area (TPSA) is 121 Å². The van der Waals surface area contributed by atoms with Gasteiger partial charge in [-0.15, -0.1) is 0 Å². The minimum absolute atomic E-state index is 0.0259. The van der Waals surface area contributed by atoms with Crippen LogP contribution in [0.5, 0.6) is 0 Å². The Morgan fingerprint density at radius 2 is 2.53 bits per heavy atom. The Morgan fingerprint density at radius 3 is 3.24 bits per heavy atom. The molecule has 1 unspecified atom stereocenters. The maximum atomic E-state index is 11.8. The second-order valence-electron chi connectivity index (χ2n) is 3.78. The van der Waals surface area contributed by atoms with Gasteiger partial charge in [0.25, 0.3) is 0 Å². The molecule has 0 saturated carbocycles. The van der Waals surface area contributed by atoms with Gasteiger partial charge < -0.3 is 10.6 Å². The lowest BCUT2D eigenvalue weighted by molar-refractivity contribution is -0.117. The van der Waals surface area contributed by atoms with Crippen LogP contribution in [0.25, 0.3) is 10.4 Å². The molecule has 8 nitrogen and oxygen atoms in total. The van der Waals surface area contributed by atoms with Crippen molar-refractivity contribution in [1.82, 2.24) is 9.97 Å². The minimum Gasteiger partial charge on any atom is -0.382 e. The van der Waals surface area contributed by atoms with Gasteiger partial charge in [0.2, 0.25) is 5.91 Å². The van der Waals surface area contributed by atoms with Crippen LogP contribution in [0, 0.1) is 5.92 Å². The van der Waals surface area contributed by atoms with E-state index >= 15 is 0 Å². The van der Waals surface area contributed by atoms with Crippen LogP contribution in [-0.2, 0) is 4.79 Å². The van der Waals surface area contributed by atoms with Crippen LogP contribution in [0.1, 0.15) is 6.42 Å². The molecular formula is C9H11N7O. The first-order valence-corrected chi connectivity index (χ1v) is 5.09. The van der Waals surface area contributed by atoms with E-state index in [0.29, 0.717) is 25.2 Å². The fourth-order valence-electron chi connectivity index (χ4n) is 1.83. The van der Waals surface area contributed by atoms with Crippen LogP contribution in [0.2, 0.25) is 0 Å². The highest BCUT2D eigenvalue weighted by molar-refractivity contribution is 5.97. The summed E-state index contributed by atoms with van der Waals surface area (Å²) >= 11 is 0. The molecule has 1 aromatic rings. The van der Waals surface area contributed by atoms with Crippen LogP contribution in [0.15, 0.2) is 17.6 Å². The third kappa shape index (κ3) is 2.26. The molecule has 1 aromatic heterocycles. The first-order chi connectivity index (χ1) is 8.22. The van der Waals surface area contributed by atoms with Crippen LogP contribution in [-0.4, -0.2) is 29.0 Å². The van der Waals surface area contributed by atoms with Crippen molar-refractivity contribution in [3.05, 3.63) is 23.0 Å². The van der Waals surface area contributed by atoms with E-state index in [1.165, 1.54) is 17.4 Å². The smallest absolute Gasteiger partial charge is 0.227 e. The van der Waals surface area contributed by atoms with E-state index in [2.05, 4.69) is 20.0 Å². The average Bonchev–Trinajstić information content (AvgIpc) is 2.68. The third-order valence-electron chi connectivity index (χ3n) is 2.62. The predicted octanol–water partition coefficient (Wildman–Crippen LogP) is 0.722. The minimum atomic E-state index is -0.0513. The lowest BCUT2D eigenvalue weighted by Crippen LogP contribution is -2.26. The number of amides is 1. The number of hydrogen-bond donors (Lipinski definition) is 1. The summed E-state index contributed by atoms with van der Waals surface area (Å²) in [5.74, 6) is 0.250. The van der Waals surface area contributed by atoms with E-state index in [-0.39, 0.29) is 17.6 Å². The monoisotopic (exact) mass is 233 g/mol. The molecule has 0 radical (unpaired) electrons. The number of rotatable bonds is 3. The average molecular weight is 233 g/mol. The molecule has 1 saturated heterocycles. The number of hydrogen-bond acceptors (Lipinski definition) is 5. The van der Waals surface area contributed by atoms with Gasteiger partial charge in [-0.1, -0.05) is 5.11 Å². The van der Waals surface area contributed by atoms with Gasteiger partial charge in [-0.25, -0.2) is 9.97 Å². The summed E-state index contributed by atoms with van der Waals surface area (Å²) in [6, 6.07) is 0. The third-order valence-corrected chi connectivity index (χ3v) is 2.62. The number of aromatic nitrogens is 2. The number of nitrogens with two attached hydrogens (primary N) is 1. The molecule has 2 rings (SSSR count). The van der Waals surface area contributed by atoms with E-state index in [0.717, 1.165) is 0 Å².